The minimum Gasteiger partial charge on any atom is -0.462 e. The molecule has 2 heterocycles. The molecule has 26 heavy (non-hydrogen) atoms. The highest BCUT2D eigenvalue weighted by Gasteiger charge is 2.22. The van der Waals surface area contributed by atoms with E-state index >= 15 is 0 Å². The summed E-state index contributed by atoms with van der Waals surface area (Å²) in [6.07, 6.45) is 4.11. The van der Waals surface area contributed by atoms with Crippen molar-refractivity contribution in [2.24, 2.45) is 0 Å². The number of benzene rings is 1. The van der Waals surface area contributed by atoms with Gasteiger partial charge in [0.05, 0.1) is 23.3 Å². The molecule has 0 aliphatic rings. The number of aliphatic hydroxyl groups is 1. The molecular weight excluding hydrogens is 354 g/mol. The summed E-state index contributed by atoms with van der Waals surface area (Å²) in [5.41, 5.74) is 1.04. The Labute approximate surface area is 156 Å². The van der Waals surface area contributed by atoms with Crippen molar-refractivity contribution >= 4 is 28.6 Å². The van der Waals surface area contributed by atoms with E-state index in [0.29, 0.717) is 30.1 Å². The van der Waals surface area contributed by atoms with Crippen LogP contribution in [-0.4, -0.2) is 37.8 Å². The second kappa shape index (κ2) is 7.85. The molecule has 3 aromatic rings. The number of fused-ring (bicyclic) bond motifs is 1. The lowest BCUT2D eigenvalue weighted by Gasteiger charge is -2.23. The molecule has 0 saturated carbocycles. The van der Waals surface area contributed by atoms with Crippen LogP contribution in [0.25, 0.3) is 11.0 Å². The van der Waals surface area contributed by atoms with Crippen LogP contribution in [-0.2, 0) is 11.3 Å². The zero-order chi connectivity index (χ0) is 18.6. The van der Waals surface area contributed by atoms with Gasteiger partial charge in [-0.15, -0.1) is 0 Å². The Kier molecular flexibility index (Phi) is 5.54. The van der Waals surface area contributed by atoms with E-state index in [1.165, 1.54) is 6.33 Å². The summed E-state index contributed by atoms with van der Waals surface area (Å²) < 4.78 is 7.16. The fraction of sp³-hybridized carbons (Fsp3) is 0.316. The Bertz CT molecular complexity index is 893. The van der Waals surface area contributed by atoms with Gasteiger partial charge in [0.2, 0.25) is 0 Å². The monoisotopic (exact) mass is 373 g/mol. The number of hydrogen-bond acceptors (Lipinski definition) is 5. The first-order valence-corrected chi connectivity index (χ1v) is 8.74. The topological polar surface area (TPSA) is 77.2 Å². The average molecular weight is 374 g/mol. The summed E-state index contributed by atoms with van der Waals surface area (Å²) in [5.74, 6) is -0.387. The highest BCUT2D eigenvalue weighted by atomic mass is 35.5. The van der Waals surface area contributed by atoms with Crippen molar-refractivity contribution in [1.82, 2.24) is 14.5 Å². The third kappa shape index (κ3) is 4.39. The second-order valence-corrected chi connectivity index (χ2v) is 6.76. The Morgan fingerprint density at radius 3 is 2.77 bits per heavy atom. The van der Waals surface area contributed by atoms with Crippen molar-refractivity contribution in [1.29, 1.82) is 0 Å². The van der Waals surface area contributed by atoms with E-state index in [2.05, 4.69) is 9.97 Å². The normalized spacial score (nSPS) is 13.5. The van der Waals surface area contributed by atoms with Gasteiger partial charge in [0.25, 0.3) is 0 Å². The minimum atomic E-state index is -0.977. The molecular formula is C19H20ClN3O3. The molecule has 6 nitrogen and oxygen atoms in total. The van der Waals surface area contributed by atoms with Crippen LogP contribution in [0.15, 0.2) is 48.9 Å². The van der Waals surface area contributed by atoms with Crippen molar-refractivity contribution in [3.63, 3.8) is 0 Å². The molecule has 0 fully saturated rings. The van der Waals surface area contributed by atoms with E-state index < -0.39 is 5.60 Å². The van der Waals surface area contributed by atoms with Gasteiger partial charge in [-0.05, 0) is 31.5 Å². The van der Waals surface area contributed by atoms with Crippen molar-refractivity contribution in [2.45, 2.75) is 31.9 Å². The zero-order valence-electron chi connectivity index (χ0n) is 14.4. The van der Waals surface area contributed by atoms with Crippen LogP contribution in [0.5, 0.6) is 0 Å². The van der Waals surface area contributed by atoms with Crippen LogP contribution in [0, 0.1) is 0 Å². The Hall–Kier alpha value is -2.44. The number of aryl methyl sites for hydroxylation is 1. The van der Waals surface area contributed by atoms with Gasteiger partial charge in [-0.1, -0.05) is 29.8 Å². The Morgan fingerprint density at radius 2 is 2.00 bits per heavy atom. The summed E-state index contributed by atoms with van der Waals surface area (Å²) in [7, 11) is 0. The highest BCUT2D eigenvalue weighted by molar-refractivity contribution is 6.33. The summed E-state index contributed by atoms with van der Waals surface area (Å²) >= 11 is 6.14. The van der Waals surface area contributed by atoms with Gasteiger partial charge in [-0.25, -0.2) is 14.8 Å². The second-order valence-electron chi connectivity index (χ2n) is 6.41. The smallest absolute Gasteiger partial charge is 0.338 e. The molecule has 0 spiro atoms. The van der Waals surface area contributed by atoms with Gasteiger partial charge in [0.1, 0.15) is 11.8 Å². The van der Waals surface area contributed by atoms with Crippen LogP contribution in [0.2, 0.25) is 5.15 Å². The van der Waals surface area contributed by atoms with Crippen LogP contribution < -0.4 is 0 Å². The van der Waals surface area contributed by atoms with E-state index in [4.69, 9.17) is 16.3 Å². The maximum absolute atomic E-state index is 11.9. The molecule has 3 rings (SSSR count). The zero-order valence-corrected chi connectivity index (χ0v) is 15.2. The van der Waals surface area contributed by atoms with E-state index in [1.54, 1.807) is 31.2 Å². The van der Waals surface area contributed by atoms with Gasteiger partial charge in [-0.3, -0.25) is 0 Å². The fourth-order valence-electron chi connectivity index (χ4n) is 2.69. The number of aromatic nitrogens is 3. The largest absolute Gasteiger partial charge is 0.462 e. The van der Waals surface area contributed by atoms with E-state index in [1.807, 2.05) is 22.9 Å². The SMILES string of the molecule is CC(O)(CCOC(=O)c1ccccc1)CCn1ccc2ncnc(Cl)c21. The molecule has 1 N–H and O–H groups in total. The number of carbonyl (C=O) groups is 1. The number of carbonyl (C=O) groups excluding carboxylic acids is 1. The first kappa shape index (κ1) is 18.4. The summed E-state index contributed by atoms with van der Waals surface area (Å²) in [4.78, 5) is 20.1. The fourth-order valence-corrected chi connectivity index (χ4v) is 2.94. The number of rotatable bonds is 7. The molecule has 1 unspecified atom stereocenters. The van der Waals surface area contributed by atoms with Crippen molar-refractivity contribution in [3.05, 3.63) is 59.6 Å². The lowest BCUT2D eigenvalue weighted by molar-refractivity contribution is 0.00784. The molecule has 1 aromatic carbocycles. The first-order valence-electron chi connectivity index (χ1n) is 8.36. The third-order valence-corrected chi connectivity index (χ3v) is 4.56. The number of halogens is 1. The van der Waals surface area contributed by atoms with E-state index in [0.717, 1.165) is 11.0 Å². The highest BCUT2D eigenvalue weighted by Crippen LogP contribution is 2.23. The van der Waals surface area contributed by atoms with Crippen molar-refractivity contribution in [2.75, 3.05) is 6.61 Å². The quantitative estimate of drug-likeness (QED) is 0.507. The predicted molar refractivity (Wildman–Crippen MR) is 99.1 cm³/mol. The number of ether oxygens (including phenoxy) is 1. The van der Waals surface area contributed by atoms with Crippen LogP contribution in [0.4, 0.5) is 0 Å². The lowest BCUT2D eigenvalue weighted by Crippen LogP contribution is -2.28. The lowest BCUT2D eigenvalue weighted by atomic mass is 9.98. The molecule has 136 valence electrons. The maximum atomic E-state index is 11.9. The first-order chi connectivity index (χ1) is 12.5. The van der Waals surface area contributed by atoms with Gasteiger partial charge in [0, 0.05) is 19.2 Å². The number of esters is 1. The summed E-state index contributed by atoms with van der Waals surface area (Å²) in [5, 5.41) is 11.0. The molecule has 0 aliphatic carbocycles. The molecule has 1 atom stereocenters. The number of hydrogen-bond donors (Lipinski definition) is 1. The van der Waals surface area contributed by atoms with Crippen molar-refractivity contribution in [3.8, 4) is 0 Å². The molecule has 0 saturated heterocycles. The van der Waals surface area contributed by atoms with Gasteiger partial charge in [0.15, 0.2) is 5.15 Å². The standard InChI is InChI=1S/C19H20ClN3O3/c1-19(25,9-12-26-18(24)14-5-3-2-4-6-14)8-11-23-10-7-15-16(23)17(20)22-13-21-15/h2-7,10,13,25H,8-9,11-12H2,1H3. The Morgan fingerprint density at radius 1 is 1.23 bits per heavy atom. The number of nitrogens with zero attached hydrogens (tertiary/aromatic N) is 3. The van der Waals surface area contributed by atoms with Gasteiger partial charge >= 0.3 is 5.97 Å². The summed E-state index contributed by atoms with van der Waals surface area (Å²) in [6.45, 7) is 2.43. The van der Waals surface area contributed by atoms with Crippen molar-refractivity contribution < 1.29 is 14.6 Å². The van der Waals surface area contributed by atoms with Crippen LogP contribution >= 0.6 is 11.6 Å². The molecule has 2 aromatic heterocycles. The molecule has 0 bridgehead atoms. The van der Waals surface area contributed by atoms with Crippen LogP contribution in [0.3, 0.4) is 0 Å². The van der Waals surface area contributed by atoms with E-state index in [-0.39, 0.29) is 12.6 Å². The summed E-state index contributed by atoms with van der Waals surface area (Å²) in [6, 6.07) is 10.7. The van der Waals surface area contributed by atoms with E-state index in [9.17, 15) is 9.90 Å². The van der Waals surface area contributed by atoms with Gasteiger partial charge < -0.3 is 14.4 Å². The minimum absolute atomic E-state index is 0.150. The molecule has 0 aliphatic heterocycles. The van der Waals surface area contributed by atoms with Crippen LogP contribution in [0.1, 0.15) is 30.1 Å². The van der Waals surface area contributed by atoms with Gasteiger partial charge in [-0.2, -0.15) is 0 Å². The molecule has 0 radical (unpaired) electrons. The molecule has 0 amide bonds. The average Bonchev–Trinajstić information content (AvgIpc) is 3.05. The molecule has 7 heteroatoms. The Balaban J connectivity index is 1.53. The third-order valence-electron chi connectivity index (χ3n) is 4.28. The predicted octanol–water partition coefficient (Wildman–Crippen LogP) is 3.47. The maximum Gasteiger partial charge on any atom is 0.338 e.